The number of hydrogen-bond acceptors (Lipinski definition) is 5. The van der Waals surface area contributed by atoms with Gasteiger partial charge in [-0.1, -0.05) is 11.6 Å². The molecule has 5 nitrogen and oxygen atoms in total. The highest BCUT2D eigenvalue weighted by atomic mass is 35.5. The highest BCUT2D eigenvalue weighted by Gasteiger charge is 2.64. The summed E-state index contributed by atoms with van der Waals surface area (Å²) in [5.74, 6) is -1.36. The molecule has 4 rings (SSSR count). The molecule has 1 aliphatic carbocycles. The lowest BCUT2D eigenvalue weighted by atomic mass is 9.84. The van der Waals surface area contributed by atoms with Crippen molar-refractivity contribution in [2.24, 2.45) is 16.6 Å². The van der Waals surface area contributed by atoms with E-state index in [0.717, 1.165) is 6.07 Å². The standard InChI is InChI=1S/C18H16ClF3N4O/c19-9-1-2-11(24-7-9)8-25-10-3-4-14(20)12(5-10)18(16(21)22)13-6-15(13)27-17(23)26-18/h1-5,7,13,15-16,25H,6,8H2,(H2,23,26)/t13?,15-,18-/m1/s1. The molecule has 3 N–H and O–H groups in total. The first-order valence-corrected chi connectivity index (χ1v) is 8.72. The molecule has 2 aromatic rings. The topological polar surface area (TPSA) is 72.5 Å². The molecule has 1 unspecified atom stereocenters. The first-order chi connectivity index (χ1) is 12.9. The number of ether oxygens (including phenoxy) is 1. The number of anilines is 1. The second kappa shape index (κ2) is 6.60. The van der Waals surface area contributed by atoms with Crippen molar-refractivity contribution in [3.05, 3.63) is 58.6 Å². The van der Waals surface area contributed by atoms with Gasteiger partial charge in [0, 0.05) is 23.4 Å². The second-order valence-electron chi connectivity index (χ2n) is 6.59. The lowest BCUT2D eigenvalue weighted by Gasteiger charge is -2.33. The van der Waals surface area contributed by atoms with Gasteiger partial charge in [-0.3, -0.25) is 4.98 Å². The van der Waals surface area contributed by atoms with Crippen LogP contribution in [0.2, 0.25) is 5.02 Å². The Bertz CT molecular complexity index is 893. The van der Waals surface area contributed by atoms with E-state index in [1.165, 1.54) is 18.3 Å². The van der Waals surface area contributed by atoms with Crippen molar-refractivity contribution in [3.8, 4) is 0 Å². The highest BCUT2D eigenvalue weighted by Crippen LogP contribution is 2.56. The predicted molar refractivity (Wildman–Crippen MR) is 95.3 cm³/mol. The van der Waals surface area contributed by atoms with Gasteiger partial charge in [0.25, 0.3) is 12.4 Å². The van der Waals surface area contributed by atoms with Gasteiger partial charge in [-0.2, -0.15) is 0 Å². The van der Waals surface area contributed by atoms with Crippen LogP contribution < -0.4 is 11.1 Å². The Morgan fingerprint density at radius 1 is 1.33 bits per heavy atom. The fourth-order valence-corrected chi connectivity index (χ4v) is 3.56. The molecule has 9 heteroatoms. The van der Waals surface area contributed by atoms with Gasteiger partial charge in [0.1, 0.15) is 11.9 Å². The number of nitrogens with zero attached hydrogens (tertiary/aromatic N) is 2. The van der Waals surface area contributed by atoms with Crippen LogP contribution in [0.5, 0.6) is 0 Å². The number of fused-ring (bicyclic) bond motifs is 1. The average molecular weight is 397 g/mol. The molecule has 0 saturated heterocycles. The van der Waals surface area contributed by atoms with Crippen LogP contribution in [0, 0.1) is 11.7 Å². The van der Waals surface area contributed by atoms with E-state index in [9.17, 15) is 13.2 Å². The maximum absolute atomic E-state index is 14.5. The Morgan fingerprint density at radius 2 is 2.15 bits per heavy atom. The first-order valence-electron chi connectivity index (χ1n) is 8.34. The summed E-state index contributed by atoms with van der Waals surface area (Å²) in [6, 6.07) is 7.07. The third-order valence-corrected chi connectivity index (χ3v) is 5.08. The number of amidine groups is 1. The number of benzene rings is 1. The Hall–Kier alpha value is -2.48. The Labute approximate surface area is 158 Å². The van der Waals surface area contributed by atoms with Crippen molar-refractivity contribution >= 4 is 23.3 Å². The Morgan fingerprint density at radius 3 is 2.85 bits per heavy atom. The fraction of sp³-hybridized carbons (Fsp3) is 0.333. The molecule has 1 aromatic carbocycles. The van der Waals surface area contributed by atoms with Crippen molar-refractivity contribution < 1.29 is 17.9 Å². The largest absolute Gasteiger partial charge is 0.462 e. The maximum Gasteiger partial charge on any atom is 0.283 e. The number of halogens is 4. The minimum atomic E-state index is -2.92. The van der Waals surface area contributed by atoms with Gasteiger partial charge >= 0.3 is 0 Å². The zero-order chi connectivity index (χ0) is 19.2. The van der Waals surface area contributed by atoms with E-state index >= 15 is 0 Å². The van der Waals surface area contributed by atoms with Gasteiger partial charge in [-0.25, -0.2) is 18.2 Å². The smallest absolute Gasteiger partial charge is 0.283 e. The summed E-state index contributed by atoms with van der Waals surface area (Å²) in [4.78, 5) is 8.01. The van der Waals surface area contributed by atoms with E-state index in [2.05, 4.69) is 15.3 Å². The summed E-state index contributed by atoms with van der Waals surface area (Å²) in [6.45, 7) is 0.324. The molecular formula is C18H16ClF3N4O. The SMILES string of the molecule is NC1=N[C@@](c2cc(NCc3ccc(Cl)cn3)ccc2F)(C(F)F)C2C[C@H]2O1. The third-order valence-electron chi connectivity index (χ3n) is 4.86. The van der Waals surface area contributed by atoms with Crippen molar-refractivity contribution in [1.82, 2.24) is 4.98 Å². The number of hydrogen-bond donors (Lipinski definition) is 2. The molecule has 0 spiro atoms. The van der Waals surface area contributed by atoms with Crippen molar-refractivity contribution in [3.63, 3.8) is 0 Å². The minimum Gasteiger partial charge on any atom is -0.462 e. The molecule has 1 aromatic heterocycles. The van der Waals surface area contributed by atoms with Crippen molar-refractivity contribution in [2.45, 2.75) is 31.0 Å². The second-order valence-corrected chi connectivity index (χ2v) is 7.03. The number of aromatic nitrogens is 1. The number of alkyl halides is 2. The van der Waals surface area contributed by atoms with Crippen LogP contribution in [0.25, 0.3) is 0 Å². The van der Waals surface area contributed by atoms with E-state index in [0.29, 0.717) is 29.4 Å². The van der Waals surface area contributed by atoms with Crippen LogP contribution in [0.15, 0.2) is 41.5 Å². The van der Waals surface area contributed by atoms with Crippen LogP contribution in [0.3, 0.4) is 0 Å². The monoisotopic (exact) mass is 396 g/mol. The molecule has 0 amide bonds. The van der Waals surface area contributed by atoms with Gasteiger partial charge < -0.3 is 15.8 Å². The molecule has 2 aliphatic rings. The zero-order valence-corrected chi connectivity index (χ0v) is 14.8. The molecule has 0 radical (unpaired) electrons. The molecule has 1 aliphatic heterocycles. The van der Waals surface area contributed by atoms with Gasteiger partial charge in [0.05, 0.1) is 17.3 Å². The van der Waals surface area contributed by atoms with E-state index in [-0.39, 0.29) is 11.6 Å². The van der Waals surface area contributed by atoms with Crippen LogP contribution in [-0.4, -0.2) is 23.5 Å². The number of nitrogens with two attached hydrogens (primary N) is 1. The summed E-state index contributed by atoms with van der Waals surface area (Å²) in [5.41, 5.74) is 4.52. The summed E-state index contributed by atoms with van der Waals surface area (Å²) >= 11 is 5.80. The summed E-state index contributed by atoms with van der Waals surface area (Å²) in [7, 11) is 0. The van der Waals surface area contributed by atoms with E-state index in [1.807, 2.05) is 0 Å². The number of nitrogens with one attached hydrogen (secondary N) is 1. The van der Waals surface area contributed by atoms with Crippen LogP contribution >= 0.6 is 11.6 Å². The molecule has 27 heavy (non-hydrogen) atoms. The molecule has 142 valence electrons. The van der Waals surface area contributed by atoms with E-state index in [1.54, 1.807) is 12.1 Å². The predicted octanol–water partition coefficient (Wildman–Crippen LogP) is 3.68. The fourth-order valence-electron chi connectivity index (χ4n) is 3.45. The third kappa shape index (κ3) is 3.18. The molecule has 1 saturated carbocycles. The Kier molecular flexibility index (Phi) is 4.38. The van der Waals surface area contributed by atoms with Crippen LogP contribution in [0.4, 0.5) is 18.9 Å². The number of pyridine rings is 1. The Balaban J connectivity index is 1.65. The van der Waals surface area contributed by atoms with E-state index in [4.69, 9.17) is 22.1 Å². The van der Waals surface area contributed by atoms with Crippen molar-refractivity contribution in [2.75, 3.05) is 5.32 Å². The summed E-state index contributed by atoms with van der Waals surface area (Å²) < 4.78 is 47.9. The molecule has 3 atom stereocenters. The van der Waals surface area contributed by atoms with Gasteiger partial charge in [0.15, 0.2) is 5.54 Å². The molecular weight excluding hydrogens is 381 g/mol. The molecule has 2 heterocycles. The van der Waals surface area contributed by atoms with Gasteiger partial charge in [-0.15, -0.1) is 0 Å². The minimum absolute atomic E-state index is 0.190. The van der Waals surface area contributed by atoms with Crippen LogP contribution in [-0.2, 0) is 16.8 Å². The molecule has 1 fully saturated rings. The maximum atomic E-state index is 14.5. The average Bonchev–Trinajstić information content (AvgIpc) is 3.41. The lowest BCUT2D eigenvalue weighted by molar-refractivity contribution is 0.0177. The highest BCUT2D eigenvalue weighted by molar-refractivity contribution is 6.30. The van der Waals surface area contributed by atoms with Crippen LogP contribution in [0.1, 0.15) is 17.7 Å². The van der Waals surface area contributed by atoms with E-state index < -0.39 is 29.8 Å². The van der Waals surface area contributed by atoms with Gasteiger partial charge in [0.2, 0.25) is 0 Å². The van der Waals surface area contributed by atoms with Crippen molar-refractivity contribution in [1.29, 1.82) is 0 Å². The normalized spacial score (nSPS) is 26.2. The zero-order valence-electron chi connectivity index (χ0n) is 14.0. The lowest BCUT2D eigenvalue weighted by Crippen LogP contribution is -2.43. The first kappa shape index (κ1) is 17.9. The number of aliphatic imine (C=N–C) groups is 1. The molecule has 0 bridgehead atoms. The quantitative estimate of drug-likeness (QED) is 0.808. The summed E-state index contributed by atoms with van der Waals surface area (Å²) in [5, 5.41) is 3.56. The summed E-state index contributed by atoms with van der Waals surface area (Å²) in [6.07, 6.45) is -1.50. The number of rotatable bonds is 5. The van der Waals surface area contributed by atoms with Gasteiger partial charge in [-0.05, 0) is 36.8 Å².